The Labute approximate surface area is 192 Å². The third-order valence-corrected chi connectivity index (χ3v) is 5.34. The molecular weight excluding hydrogens is 416 g/mol. The molecule has 7 nitrogen and oxygen atoms in total. The highest BCUT2D eigenvalue weighted by Gasteiger charge is 2.18. The lowest BCUT2D eigenvalue weighted by Gasteiger charge is -2.18. The Kier molecular flexibility index (Phi) is 6.90. The summed E-state index contributed by atoms with van der Waals surface area (Å²) in [4.78, 5) is 27.5. The van der Waals surface area contributed by atoms with E-state index in [1.54, 1.807) is 6.07 Å². The Morgan fingerprint density at radius 3 is 2.52 bits per heavy atom. The average Bonchev–Trinajstić information content (AvgIpc) is 3.22. The molecule has 4 aromatic rings. The maximum absolute atomic E-state index is 12.6. The number of H-pyrrole nitrogens is 1. The molecule has 168 valence electrons. The molecule has 7 heteroatoms. The number of nitrogens with one attached hydrogen (secondary N) is 3. The number of nitrogens with two attached hydrogens (primary N) is 1. The molecule has 1 atom stereocenters. The molecule has 0 aliphatic carbocycles. The van der Waals surface area contributed by atoms with Crippen LogP contribution in [-0.2, 0) is 11.2 Å². The van der Waals surface area contributed by atoms with Gasteiger partial charge < -0.3 is 26.1 Å². The van der Waals surface area contributed by atoms with Gasteiger partial charge in [-0.3, -0.25) is 4.79 Å². The number of aromatic amines is 1. The van der Waals surface area contributed by atoms with Crippen LogP contribution >= 0.6 is 0 Å². The second-order valence-corrected chi connectivity index (χ2v) is 7.71. The summed E-state index contributed by atoms with van der Waals surface area (Å²) < 4.78 is 5.87. The Bertz CT molecular complexity index is 1240. The van der Waals surface area contributed by atoms with Crippen molar-refractivity contribution < 1.29 is 14.3 Å². The quantitative estimate of drug-likeness (QED) is 0.308. The zero-order valence-corrected chi connectivity index (χ0v) is 18.1. The summed E-state index contributed by atoms with van der Waals surface area (Å²) >= 11 is 0. The minimum Gasteiger partial charge on any atom is -0.457 e. The summed E-state index contributed by atoms with van der Waals surface area (Å²) in [6.45, 7) is 0.487. The smallest absolute Gasteiger partial charge is 0.312 e. The fourth-order valence-corrected chi connectivity index (χ4v) is 3.78. The van der Waals surface area contributed by atoms with E-state index in [4.69, 9.17) is 10.5 Å². The Morgan fingerprint density at radius 1 is 0.939 bits per heavy atom. The van der Waals surface area contributed by atoms with Gasteiger partial charge >= 0.3 is 6.03 Å². The molecule has 0 spiro atoms. The summed E-state index contributed by atoms with van der Waals surface area (Å²) in [5, 5.41) is 6.75. The van der Waals surface area contributed by atoms with Gasteiger partial charge in [0.25, 0.3) is 0 Å². The monoisotopic (exact) mass is 442 g/mol. The summed E-state index contributed by atoms with van der Waals surface area (Å²) in [6, 6.07) is 23.4. The Morgan fingerprint density at radius 2 is 1.70 bits per heavy atom. The van der Waals surface area contributed by atoms with E-state index in [0.29, 0.717) is 24.5 Å². The van der Waals surface area contributed by atoms with Crippen LogP contribution in [0.4, 0.5) is 4.79 Å². The molecule has 0 bridgehead atoms. The number of benzene rings is 3. The summed E-state index contributed by atoms with van der Waals surface area (Å²) in [5.74, 6) is 1.13. The number of hydrogen-bond acceptors (Lipinski definition) is 3. The number of aromatic nitrogens is 1. The zero-order valence-electron chi connectivity index (χ0n) is 18.1. The van der Waals surface area contributed by atoms with E-state index in [1.807, 2.05) is 72.9 Å². The number of ether oxygens (including phenoxy) is 1. The fraction of sp³-hybridized carbons (Fsp3) is 0.154. The van der Waals surface area contributed by atoms with Crippen LogP contribution < -0.4 is 21.1 Å². The van der Waals surface area contributed by atoms with Gasteiger partial charge in [-0.15, -0.1) is 0 Å². The van der Waals surface area contributed by atoms with Crippen LogP contribution in [0.15, 0.2) is 85.1 Å². The summed E-state index contributed by atoms with van der Waals surface area (Å²) in [7, 11) is 0. The van der Waals surface area contributed by atoms with E-state index >= 15 is 0 Å². The third kappa shape index (κ3) is 5.92. The van der Waals surface area contributed by atoms with Crippen LogP contribution in [0.2, 0.25) is 0 Å². The second-order valence-electron chi connectivity index (χ2n) is 7.71. The van der Waals surface area contributed by atoms with Gasteiger partial charge in [-0.2, -0.15) is 0 Å². The minimum atomic E-state index is -0.694. The lowest BCUT2D eigenvalue weighted by Crippen LogP contribution is -2.37. The molecule has 0 saturated heterocycles. The first kappa shape index (κ1) is 22.0. The van der Waals surface area contributed by atoms with Gasteiger partial charge in [0.1, 0.15) is 11.5 Å². The molecule has 3 aromatic carbocycles. The number of carbonyl (C=O) groups is 2. The van der Waals surface area contributed by atoms with Crippen molar-refractivity contribution in [2.45, 2.75) is 18.9 Å². The SMILES string of the molecule is NC(=O)NC(CC(=O)NCCc1c[nH]c2ccccc12)c1cccc(Oc2ccccc2)c1. The van der Waals surface area contributed by atoms with Crippen LogP contribution in [0.3, 0.4) is 0 Å². The molecule has 1 aromatic heterocycles. The largest absolute Gasteiger partial charge is 0.457 e. The zero-order chi connectivity index (χ0) is 23.0. The lowest BCUT2D eigenvalue weighted by atomic mass is 10.0. The number of carbonyl (C=O) groups excluding carboxylic acids is 2. The lowest BCUT2D eigenvalue weighted by molar-refractivity contribution is -0.121. The van der Waals surface area contributed by atoms with Crippen molar-refractivity contribution in [3.05, 3.63) is 96.2 Å². The van der Waals surface area contributed by atoms with E-state index in [0.717, 1.165) is 22.0 Å². The van der Waals surface area contributed by atoms with Crippen molar-refractivity contribution in [3.63, 3.8) is 0 Å². The predicted molar refractivity (Wildman–Crippen MR) is 128 cm³/mol. The standard InChI is InChI=1S/C26H26N4O3/c27-26(32)30-24(18-7-6-10-21(15-18)33-20-8-2-1-3-9-20)16-25(31)28-14-13-19-17-29-23-12-5-4-11-22(19)23/h1-12,15,17,24,29H,13-14,16H2,(H,28,31)(H3,27,30,32). The van der Waals surface area contributed by atoms with Gasteiger partial charge in [0.05, 0.1) is 12.5 Å². The number of rotatable bonds is 9. The number of para-hydroxylation sites is 2. The molecule has 1 unspecified atom stereocenters. The van der Waals surface area contributed by atoms with E-state index < -0.39 is 12.1 Å². The van der Waals surface area contributed by atoms with Gasteiger partial charge in [-0.25, -0.2) is 4.79 Å². The topological polar surface area (TPSA) is 109 Å². The molecule has 4 rings (SSSR count). The predicted octanol–water partition coefficient (Wildman–Crippen LogP) is 4.42. The maximum Gasteiger partial charge on any atom is 0.312 e. The van der Waals surface area contributed by atoms with Crippen LogP contribution in [0.1, 0.15) is 23.6 Å². The highest BCUT2D eigenvalue weighted by molar-refractivity contribution is 5.83. The minimum absolute atomic E-state index is 0.0611. The molecule has 5 N–H and O–H groups in total. The van der Waals surface area contributed by atoms with Gasteiger partial charge in [0.2, 0.25) is 5.91 Å². The van der Waals surface area contributed by atoms with E-state index in [2.05, 4.69) is 21.7 Å². The molecule has 0 aliphatic rings. The van der Waals surface area contributed by atoms with Crippen molar-refractivity contribution >= 4 is 22.8 Å². The van der Waals surface area contributed by atoms with Crippen molar-refractivity contribution in [1.82, 2.24) is 15.6 Å². The van der Waals surface area contributed by atoms with E-state index in [-0.39, 0.29) is 12.3 Å². The molecule has 1 heterocycles. The first-order chi connectivity index (χ1) is 16.1. The van der Waals surface area contributed by atoms with Crippen molar-refractivity contribution in [2.24, 2.45) is 5.73 Å². The van der Waals surface area contributed by atoms with Crippen LogP contribution in [0.5, 0.6) is 11.5 Å². The van der Waals surface area contributed by atoms with Crippen molar-refractivity contribution in [3.8, 4) is 11.5 Å². The summed E-state index contributed by atoms with van der Waals surface area (Å²) in [6.07, 6.45) is 2.72. The molecule has 0 radical (unpaired) electrons. The van der Waals surface area contributed by atoms with Crippen molar-refractivity contribution in [1.29, 1.82) is 0 Å². The first-order valence-corrected chi connectivity index (χ1v) is 10.8. The van der Waals surface area contributed by atoms with E-state index in [9.17, 15) is 9.59 Å². The van der Waals surface area contributed by atoms with Gasteiger partial charge in [0, 0.05) is 23.6 Å². The average molecular weight is 443 g/mol. The first-order valence-electron chi connectivity index (χ1n) is 10.8. The highest BCUT2D eigenvalue weighted by Crippen LogP contribution is 2.26. The molecule has 0 aliphatic heterocycles. The van der Waals surface area contributed by atoms with Crippen LogP contribution in [-0.4, -0.2) is 23.5 Å². The number of amides is 3. The number of primary amides is 1. The molecule has 3 amide bonds. The maximum atomic E-state index is 12.6. The van der Waals surface area contributed by atoms with Gasteiger partial charge in [-0.1, -0.05) is 48.5 Å². The van der Waals surface area contributed by atoms with Gasteiger partial charge in [-0.05, 0) is 47.9 Å². The Hall–Kier alpha value is -4.26. The number of urea groups is 1. The molecular formula is C26H26N4O3. The normalized spacial score (nSPS) is 11.6. The highest BCUT2D eigenvalue weighted by atomic mass is 16.5. The Balaban J connectivity index is 1.38. The number of hydrogen-bond donors (Lipinski definition) is 4. The van der Waals surface area contributed by atoms with Crippen molar-refractivity contribution in [2.75, 3.05) is 6.54 Å². The number of fused-ring (bicyclic) bond motifs is 1. The fourth-order valence-electron chi connectivity index (χ4n) is 3.78. The summed E-state index contributed by atoms with van der Waals surface area (Å²) in [5.41, 5.74) is 8.31. The van der Waals surface area contributed by atoms with E-state index in [1.165, 1.54) is 0 Å². The second kappa shape index (κ2) is 10.4. The molecule has 33 heavy (non-hydrogen) atoms. The molecule has 0 saturated carbocycles. The van der Waals surface area contributed by atoms with Crippen LogP contribution in [0.25, 0.3) is 10.9 Å². The van der Waals surface area contributed by atoms with Gasteiger partial charge in [0.15, 0.2) is 0 Å². The van der Waals surface area contributed by atoms with Crippen LogP contribution in [0, 0.1) is 0 Å². The third-order valence-electron chi connectivity index (χ3n) is 5.34. The molecule has 0 fully saturated rings.